The third-order valence-electron chi connectivity index (χ3n) is 4.87. The fourth-order valence-corrected chi connectivity index (χ4v) is 4.24. The molecule has 0 spiro atoms. The van der Waals surface area contributed by atoms with Gasteiger partial charge in [0.2, 0.25) is 0 Å². The molecule has 0 aliphatic carbocycles. The normalized spacial score (nSPS) is 12.6. The number of hydrogen-bond donors (Lipinski definition) is 0. The van der Waals surface area contributed by atoms with Crippen LogP contribution in [0, 0.1) is 11.2 Å². The molecule has 2 heterocycles. The lowest BCUT2D eigenvalue weighted by Gasteiger charge is -2.25. The zero-order chi connectivity index (χ0) is 18.5. The second-order valence-electron chi connectivity index (χ2n) is 6.60. The van der Waals surface area contributed by atoms with Gasteiger partial charge in [0.15, 0.2) is 0 Å². The van der Waals surface area contributed by atoms with Crippen molar-refractivity contribution in [3.05, 3.63) is 65.5 Å². The van der Waals surface area contributed by atoms with Crippen LogP contribution in [0.15, 0.2) is 43.1 Å². The maximum atomic E-state index is 9.31. The third-order valence-corrected chi connectivity index (χ3v) is 5.76. The molecule has 1 aliphatic rings. The first-order valence-electron chi connectivity index (χ1n) is 9.20. The van der Waals surface area contributed by atoms with Gasteiger partial charge in [0, 0.05) is 17.9 Å². The minimum atomic E-state index is 0.108. The fraction of sp³-hybridized carbons (Fsp3) is 0.333. The van der Waals surface area contributed by atoms with E-state index in [4.69, 9.17) is 0 Å². The lowest BCUT2D eigenvalue weighted by molar-refractivity contribution is 0.974. The molecule has 2 aromatic rings. The van der Waals surface area contributed by atoms with E-state index in [1.54, 1.807) is 0 Å². The quantitative estimate of drug-likeness (QED) is 0.519. The Morgan fingerprint density at radius 1 is 1.31 bits per heavy atom. The zero-order valence-corrected chi connectivity index (χ0v) is 16.4. The first-order chi connectivity index (χ1) is 12.7. The summed E-state index contributed by atoms with van der Waals surface area (Å²) in [5, 5.41) is 9.31. The third kappa shape index (κ3) is 3.97. The first-order valence-corrected chi connectivity index (χ1v) is 10.1. The molecule has 26 heavy (non-hydrogen) atoms. The summed E-state index contributed by atoms with van der Waals surface area (Å²) in [7, 11) is 0. The summed E-state index contributed by atoms with van der Waals surface area (Å²) in [6.45, 7) is 9.23. The number of aromatic nitrogens is 1. The highest BCUT2D eigenvalue weighted by Gasteiger charge is 2.28. The molecule has 5 heteroatoms. The summed E-state index contributed by atoms with van der Waals surface area (Å²) in [5.74, 6) is 3.43. The van der Waals surface area contributed by atoms with E-state index in [1.807, 2.05) is 18.1 Å². The van der Waals surface area contributed by atoms with Crippen LogP contribution < -0.4 is 4.31 Å². The maximum Gasteiger partial charge on any atom is 0.276 e. The van der Waals surface area contributed by atoms with Gasteiger partial charge in [0.05, 0.1) is 17.9 Å². The van der Waals surface area contributed by atoms with Crippen LogP contribution in [0.2, 0.25) is 0 Å². The molecule has 1 aromatic heterocycles. The number of anilines is 1. The van der Waals surface area contributed by atoms with E-state index >= 15 is 0 Å². The standard InChI is InChI=1S/C21H24BN3S/c1-4-16(3)18-9-10-19(24-13-18)14-25(26-5-2)21-8-6-7-17-11-22(15-23)12-20(17)21/h6-10,13H,3-5,11-12,14H2,1-2H3. The number of hydrogen-bond acceptors (Lipinski definition) is 4. The van der Waals surface area contributed by atoms with Crippen molar-refractivity contribution in [3.8, 4) is 5.97 Å². The van der Waals surface area contributed by atoms with E-state index in [-0.39, 0.29) is 6.71 Å². The number of fused-ring (bicyclic) bond motifs is 1. The Balaban J connectivity index is 1.84. The van der Waals surface area contributed by atoms with Crippen molar-refractivity contribution < 1.29 is 0 Å². The average molecular weight is 361 g/mol. The summed E-state index contributed by atoms with van der Waals surface area (Å²) in [5.41, 5.74) is 7.16. The number of nitriles is 1. The minimum Gasteiger partial charge on any atom is -0.310 e. The second-order valence-corrected chi connectivity index (χ2v) is 7.88. The number of pyridine rings is 1. The Bertz CT molecular complexity index is 826. The van der Waals surface area contributed by atoms with Gasteiger partial charge >= 0.3 is 0 Å². The number of nitrogens with zero attached hydrogens (tertiary/aromatic N) is 3. The molecule has 0 amide bonds. The van der Waals surface area contributed by atoms with E-state index in [0.717, 1.165) is 48.2 Å². The van der Waals surface area contributed by atoms with Gasteiger partial charge in [-0.1, -0.05) is 38.6 Å². The number of rotatable bonds is 7. The summed E-state index contributed by atoms with van der Waals surface area (Å²) < 4.78 is 2.33. The van der Waals surface area contributed by atoms with Crippen molar-refractivity contribution in [1.82, 2.24) is 4.98 Å². The highest BCUT2D eigenvalue weighted by Crippen LogP contribution is 2.35. The van der Waals surface area contributed by atoms with E-state index in [1.165, 1.54) is 16.8 Å². The second kappa shape index (κ2) is 8.46. The first kappa shape index (κ1) is 18.6. The maximum absolute atomic E-state index is 9.31. The summed E-state index contributed by atoms with van der Waals surface area (Å²) in [4.78, 5) is 4.65. The van der Waals surface area contributed by atoms with E-state index < -0.39 is 0 Å². The molecule has 0 fully saturated rings. The number of benzene rings is 1. The molecule has 3 rings (SSSR count). The lowest BCUT2D eigenvalue weighted by atomic mass is 9.49. The molecular weight excluding hydrogens is 337 g/mol. The fourth-order valence-electron chi connectivity index (χ4n) is 3.39. The average Bonchev–Trinajstić information content (AvgIpc) is 3.11. The van der Waals surface area contributed by atoms with Crippen LogP contribution in [0.25, 0.3) is 5.57 Å². The van der Waals surface area contributed by atoms with Gasteiger partial charge in [0.25, 0.3) is 6.71 Å². The van der Waals surface area contributed by atoms with Crippen molar-refractivity contribution >= 4 is 29.9 Å². The lowest BCUT2D eigenvalue weighted by Crippen LogP contribution is -2.17. The molecule has 1 aliphatic heterocycles. The number of allylic oxidation sites excluding steroid dienone is 1. The monoisotopic (exact) mass is 361 g/mol. The Morgan fingerprint density at radius 3 is 2.81 bits per heavy atom. The largest absolute Gasteiger partial charge is 0.310 e. The van der Waals surface area contributed by atoms with Crippen molar-refractivity contribution in [1.29, 1.82) is 5.26 Å². The molecular formula is C21H24BN3S. The van der Waals surface area contributed by atoms with Gasteiger partial charge in [-0.3, -0.25) is 4.98 Å². The molecule has 0 saturated carbocycles. The van der Waals surface area contributed by atoms with Crippen molar-refractivity contribution in [2.45, 2.75) is 39.5 Å². The summed E-state index contributed by atoms with van der Waals surface area (Å²) in [6, 6.07) is 10.7. The van der Waals surface area contributed by atoms with Gasteiger partial charge in [-0.05, 0) is 65.4 Å². The van der Waals surface area contributed by atoms with Crippen LogP contribution in [-0.4, -0.2) is 17.4 Å². The molecule has 0 radical (unpaired) electrons. The van der Waals surface area contributed by atoms with Crippen LogP contribution in [-0.2, 0) is 19.2 Å². The van der Waals surface area contributed by atoms with E-state index in [9.17, 15) is 5.26 Å². The van der Waals surface area contributed by atoms with Crippen LogP contribution in [0.1, 0.15) is 42.7 Å². The minimum absolute atomic E-state index is 0.108. The van der Waals surface area contributed by atoms with Gasteiger partial charge in [0.1, 0.15) is 0 Å². The van der Waals surface area contributed by atoms with Gasteiger partial charge in [-0.2, -0.15) is 0 Å². The van der Waals surface area contributed by atoms with Crippen LogP contribution >= 0.6 is 11.9 Å². The molecule has 0 atom stereocenters. The predicted molar refractivity (Wildman–Crippen MR) is 113 cm³/mol. The van der Waals surface area contributed by atoms with Crippen LogP contribution in [0.5, 0.6) is 0 Å². The van der Waals surface area contributed by atoms with Crippen molar-refractivity contribution in [2.75, 3.05) is 10.1 Å². The van der Waals surface area contributed by atoms with Gasteiger partial charge in [-0.15, -0.1) is 0 Å². The molecule has 1 aromatic carbocycles. The molecule has 0 saturated heterocycles. The SMILES string of the molecule is C=C(CC)c1ccc(CN(SCC)c2cccc3c2CB(C#N)C3)nc1. The van der Waals surface area contributed by atoms with Crippen LogP contribution in [0.4, 0.5) is 5.69 Å². The molecule has 132 valence electrons. The molecule has 0 bridgehead atoms. The zero-order valence-electron chi connectivity index (χ0n) is 15.5. The molecule has 0 unspecified atom stereocenters. The van der Waals surface area contributed by atoms with E-state index in [0.29, 0.717) is 0 Å². The molecule has 3 nitrogen and oxygen atoms in total. The smallest absolute Gasteiger partial charge is 0.276 e. The Kier molecular flexibility index (Phi) is 6.06. The van der Waals surface area contributed by atoms with Crippen molar-refractivity contribution in [3.63, 3.8) is 0 Å². The highest BCUT2D eigenvalue weighted by molar-refractivity contribution is 8.00. The predicted octanol–water partition coefficient (Wildman–Crippen LogP) is 4.91. The van der Waals surface area contributed by atoms with Gasteiger partial charge in [-0.25, -0.2) is 5.26 Å². The Hall–Kier alpha value is -2.19. The van der Waals surface area contributed by atoms with E-state index in [2.05, 4.69) is 66.0 Å². The van der Waals surface area contributed by atoms with Gasteiger partial charge < -0.3 is 4.31 Å². The topological polar surface area (TPSA) is 39.9 Å². The molecule has 0 N–H and O–H groups in total. The Labute approximate surface area is 161 Å². The summed E-state index contributed by atoms with van der Waals surface area (Å²) in [6.07, 6.45) is 4.59. The van der Waals surface area contributed by atoms with Crippen molar-refractivity contribution in [2.24, 2.45) is 0 Å². The Morgan fingerprint density at radius 2 is 2.15 bits per heavy atom. The van der Waals surface area contributed by atoms with Crippen LogP contribution in [0.3, 0.4) is 0 Å². The highest BCUT2D eigenvalue weighted by atomic mass is 32.2. The summed E-state index contributed by atoms with van der Waals surface area (Å²) >= 11 is 1.81.